The molecule has 0 amide bonds. The number of ether oxygens (including phenoxy) is 3. The van der Waals surface area contributed by atoms with Crippen LogP contribution in [0, 0.1) is 0 Å². The zero-order valence-corrected chi connectivity index (χ0v) is 13.0. The fraction of sp³-hybridized carbons (Fsp3) is 0.250. The molecule has 2 rings (SSSR count). The zero-order chi connectivity index (χ0) is 15.2. The van der Waals surface area contributed by atoms with Crippen LogP contribution in [0.2, 0.25) is 5.02 Å². The number of hydrogen-bond donors (Lipinski definition) is 1. The Hall–Kier alpha value is -2.07. The Morgan fingerprint density at radius 2 is 1.57 bits per heavy atom. The number of benzene rings is 2. The van der Waals surface area contributed by atoms with Crippen LogP contribution >= 0.6 is 11.6 Å². The predicted molar refractivity (Wildman–Crippen MR) is 84.9 cm³/mol. The van der Waals surface area contributed by atoms with Crippen molar-refractivity contribution in [3.63, 3.8) is 0 Å². The summed E-state index contributed by atoms with van der Waals surface area (Å²) in [6.07, 6.45) is 0. The number of hydrogen-bond acceptors (Lipinski definition) is 4. The third-order valence-corrected chi connectivity index (χ3v) is 3.31. The van der Waals surface area contributed by atoms with Crippen LogP contribution in [0.5, 0.6) is 17.2 Å². The Morgan fingerprint density at radius 1 is 0.905 bits per heavy atom. The fourth-order valence-electron chi connectivity index (χ4n) is 1.99. The van der Waals surface area contributed by atoms with E-state index < -0.39 is 0 Å². The maximum absolute atomic E-state index is 6.03. The minimum atomic E-state index is 0.583. The van der Waals surface area contributed by atoms with Gasteiger partial charge in [0.1, 0.15) is 17.2 Å². The summed E-state index contributed by atoms with van der Waals surface area (Å²) in [5.74, 6) is 2.26. The van der Waals surface area contributed by atoms with Gasteiger partial charge in [0.05, 0.1) is 21.3 Å². The summed E-state index contributed by atoms with van der Waals surface area (Å²) in [7, 11) is 4.89. The molecule has 0 heterocycles. The zero-order valence-electron chi connectivity index (χ0n) is 12.3. The van der Waals surface area contributed by atoms with Crippen molar-refractivity contribution in [2.75, 3.05) is 26.6 Å². The van der Waals surface area contributed by atoms with Gasteiger partial charge in [-0.1, -0.05) is 11.6 Å². The van der Waals surface area contributed by atoms with Crippen molar-refractivity contribution in [2.24, 2.45) is 0 Å². The number of nitrogens with one attached hydrogen (secondary N) is 1. The van der Waals surface area contributed by atoms with Crippen molar-refractivity contribution in [1.82, 2.24) is 0 Å². The van der Waals surface area contributed by atoms with Crippen LogP contribution in [0.4, 0.5) is 5.69 Å². The fourth-order valence-corrected chi connectivity index (χ4v) is 2.19. The molecular formula is C16H18ClNO3. The van der Waals surface area contributed by atoms with Gasteiger partial charge < -0.3 is 19.5 Å². The van der Waals surface area contributed by atoms with Gasteiger partial charge in [0, 0.05) is 41.0 Å². The van der Waals surface area contributed by atoms with E-state index in [4.69, 9.17) is 25.8 Å². The topological polar surface area (TPSA) is 39.7 Å². The molecule has 5 heteroatoms. The van der Waals surface area contributed by atoms with Gasteiger partial charge in [-0.3, -0.25) is 0 Å². The van der Waals surface area contributed by atoms with E-state index in [-0.39, 0.29) is 0 Å². The largest absolute Gasteiger partial charge is 0.497 e. The van der Waals surface area contributed by atoms with Gasteiger partial charge in [0.25, 0.3) is 0 Å². The van der Waals surface area contributed by atoms with Gasteiger partial charge in [0.2, 0.25) is 0 Å². The molecule has 0 aromatic heterocycles. The van der Waals surface area contributed by atoms with Crippen molar-refractivity contribution in [1.29, 1.82) is 0 Å². The normalized spacial score (nSPS) is 10.1. The third kappa shape index (κ3) is 3.95. The molecule has 0 saturated heterocycles. The summed E-state index contributed by atoms with van der Waals surface area (Å²) in [5.41, 5.74) is 1.88. The summed E-state index contributed by atoms with van der Waals surface area (Å²) in [6, 6.07) is 11.2. The van der Waals surface area contributed by atoms with E-state index in [9.17, 15) is 0 Å². The maximum atomic E-state index is 6.03. The Balaban J connectivity index is 2.18. The number of anilines is 1. The third-order valence-electron chi connectivity index (χ3n) is 3.08. The Morgan fingerprint density at radius 3 is 2.14 bits per heavy atom. The second-order valence-corrected chi connectivity index (χ2v) is 4.85. The predicted octanol–water partition coefficient (Wildman–Crippen LogP) is 3.98. The SMILES string of the molecule is COc1cc(NCc2cc(Cl)ccc2OC)cc(OC)c1. The number of halogens is 1. The lowest BCUT2D eigenvalue weighted by Gasteiger charge is -2.13. The van der Waals surface area contributed by atoms with Gasteiger partial charge in [0.15, 0.2) is 0 Å². The highest BCUT2D eigenvalue weighted by Crippen LogP contribution is 2.28. The van der Waals surface area contributed by atoms with Crippen LogP contribution in [0.3, 0.4) is 0 Å². The van der Waals surface area contributed by atoms with E-state index in [1.165, 1.54) is 0 Å². The first-order valence-corrected chi connectivity index (χ1v) is 6.83. The molecule has 4 nitrogen and oxygen atoms in total. The molecule has 2 aromatic carbocycles. The first kappa shape index (κ1) is 15.3. The first-order chi connectivity index (χ1) is 10.2. The van der Waals surface area contributed by atoms with Crippen LogP contribution in [0.1, 0.15) is 5.56 Å². The average Bonchev–Trinajstić information content (AvgIpc) is 2.52. The molecule has 0 radical (unpaired) electrons. The average molecular weight is 308 g/mol. The van der Waals surface area contributed by atoms with Crippen LogP contribution < -0.4 is 19.5 Å². The van der Waals surface area contributed by atoms with Crippen LogP contribution in [0.15, 0.2) is 36.4 Å². The molecule has 0 aliphatic carbocycles. The Kier molecular flexibility index (Phi) is 5.17. The summed E-state index contributed by atoms with van der Waals surface area (Å²) in [4.78, 5) is 0. The van der Waals surface area contributed by atoms with E-state index in [2.05, 4.69) is 5.32 Å². The molecule has 112 valence electrons. The highest BCUT2D eigenvalue weighted by Gasteiger charge is 2.06. The van der Waals surface area contributed by atoms with Gasteiger partial charge in [-0.2, -0.15) is 0 Å². The second kappa shape index (κ2) is 7.09. The molecule has 1 N–H and O–H groups in total. The summed E-state index contributed by atoms with van der Waals surface area (Å²) in [5, 5.41) is 3.99. The lowest BCUT2D eigenvalue weighted by atomic mass is 10.2. The van der Waals surface area contributed by atoms with Crippen molar-refractivity contribution < 1.29 is 14.2 Å². The van der Waals surface area contributed by atoms with Gasteiger partial charge in [-0.25, -0.2) is 0 Å². The molecule has 0 fully saturated rings. The number of methoxy groups -OCH3 is 3. The van der Waals surface area contributed by atoms with Crippen LogP contribution in [-0.2, 0) is 6.54 Å². The highest BCUT2D eigenvalue weighted by atomic mass is 35.5. The van der Waals surface area contributed by atoms with E-state index in [0.29, 0.717) is 11.6 Å². The monoisotopic (exact) mass is 307 g/mol. The van der Waals surface area contributed by atoms with Crippen LogP contribution in [-0.4, -0.2) is 21.3 Å². The summed E-state index contributed by atoms with van der Waals surface area (Å²) < 4.78 is 15.8. The van der Waals surface area contributed by atoms with E-state index in [1.807, 2.05) is 30.3 Å². The first-order valence-electron chi connectivity index (χ1n) is 6.45. The maximum Gasteiger partial charge on any atom is 0.124 e. The van der Waals surface area contributed by atoms with Gasteiger partial charge in [-0.15, -0.1) is 0 Å². The van der Waals surface area contributed by atoms with Gasteiger partial charge >= 0.3 is 0 Å². The molecule has 0 aliphatic heterocycles. The van der Waals surface area contributed by atoms with E-state index in [1.54, 1.807) is 27.4 Å². The molecule has 0 spiro atoms. The smallest absolute Gasteiger partial charge is 0.124 e. The quantitative estimate of drug-likeness (QED) is 0.876. The second-order valence-electron chi connectivity index (χ2n) is 4.41. The highest BCUT2D eigenvalue weighted by molar-refractivity contribution is 6.30. The molecule has 2 aromatic rings. The molecule has 0 aliphatic rings. The van der Waals surface area contributed by atoms with Crippen molar-refractivity contribution in [3.05, 3.63) is 47.0 Å². The molecule has 21 heavy (non-hydrogen) atoms. The van der Waals surface area contributed by atoms with E-state index >= 15 is 0 Å². The lowest BCUT2D eigenvalue weighted by Crippen LogP contribution is -2.02. The van der Waals surface area contributed by atoms with Crippen molar-refractivity contribution >= 4 is 17.3 Å². The molecular weight excluding hydrogens is 290 g/mol. The minimum Gasteiger partial charge on any atom is -0.497 e. The summed E-state index contributed by atoms with van der Waals surface area (Å²) in [6.45, 7) is 0.583. The Labute approximate surface area is 129 Å². The molecule has 0 bridgehead atoms. The standard InChI is InChI=1S/C16H18ClNO3/c1-19-14-7-13(8-15(9-14)20-2)18-10-11-6-12(17)4-5-16(11)21-3/h4-9,18H,10H2,1-3H3. The van der Waals surface area contributed by atoms with Crippen molar-refractivity contribution in [2.45, 2.75) is 6.54 Å². The van der Waals surface area contributed by atoms with Crippen molar-refractivity contribution in [3.8, 4) is 17.2 Å². The molecule has 0 atom stereocenters. The van der Waals surface area contributed by atoms with Gasteiger partial charge in [-0.05, 0) is 18.2 Å². The minimum absolute atomic E-state index is 0.583. The Bertz CT molecular complexity index is 594. The molecule has 0 saturated carbocycles. The van der Waals surface area contributed by atoms with Crippen LogP contribution in [0.25, 0.3) is 0 Å². The van der Waals surface area contributed by atoms with E-state index in [0.717, 1.165) is 28.5 Å². The lowest BCUT2D eigenvalue weighted by molar-refractivity contribution is 0.394. The summed E-state index contributed by atoms with van der Waals surface area (Å²) >= 11 is 6.03. The molecule has 0 unspecified atom stereocenters. The number of rotatable bonds is 6.